The average molecular weight is 590 g/mol. The van der Waals surface area contributed by atoms with E-state index < -0.39 is 45.8 Å². The lowest BCUT2D eigenvalue weighted by molar-refractivity contribution is -0.145. The maximum Gasteiger partial charge on any atom is 0.451 e. The molecule has 3 heterocycles. The van der Waals surface area contributed by atoms with Gasteiger partial charge in [0.25, 0.3) is 0 Å². The van der Waals surface area contributed by atoms with E-state index in [1.165, 1.54) is 12.1 Å². The van der Waals surface area contributed by atoms with E-state index in [0.717, 1.165) is 47.2 Å². The molecular weight excluding hydrogens is 562 g/mol. The average Bonchev–Trinajstić information content (AvgIpc) is 3.73. The van der Waals surface area contributed by atoms with Crippen molar-refractivity contribution >= 4 is 15.9 Å². The Bertz CT molecular complexity index is 1560. The summed E-state index contributed by atoms with van der Waals surface area (Å²) in [5, 5.41) is 2.85. The molecule has 1 saturated carbocycles. The smallest absolute Gasteiger partial charge is 0.351 e. The third kappa shape index (κ3) is 5.87. The van der Waals surface area contributed by atoms with E-state index in [1.807, 2.05) is 0 Å². The largest absolute Gasteiger partial charge is 0.451 e. The third-order valence-corrected chi connectivity index (χ3v) is 9.52. The molecule has 2 aliphatic rings. The van der Waals surface area contributed by atoms with Gasteiger partial charge in [0, 0.05) is 36.7 Å². The van der Waals surface area contributed by atoms with Crippen molar-refractivity contribution in [2.24, 2.45) is 5.92 Å². The van der Waals surface area contributed by atoms with Crippen molar-refractivity contribution in [3.8, 4) is 11.3 Å². The van der Waals surface area contributed by atoms with Gasteiger partial charge in [-0.25, -0.2) is 22.8 Å². The standard InChI is InChI=1S/C28H27F4N5O3S/c1-3-17-11-25(37(16(17)2)41(39,40)22-8-6-21(29)7-9-22)26(38)34-12-19-10-24(33-15-23(19)18-4-5-18)20-13-35-27(36-14-20)28(30,31)32/h3,6-10,13-18,25H,1,4-5,11-12H2,2H3,(H,34,38)/t16-,17+,25-/m0/s1. The molecule has 0 spiro atoms. The first-order valence-corrected chi connectivity index (χ1v) is 14.4. The number of nitrogens with zero attached hydrogens (tertiary/aromatic N) is 4. The summed E-state index contributed by atoms with van der Waals surface area (Å²) < 4.78 is 80.4. The summed E-state index contributed by atoms with van der Waals surface area (Å²) in [7, 11) is -4.14. The van der Waals surface area contributed by atoms with E-state index in [1.54, 1.807) is 25.3 Å². The van der Waals surface area contributed by atoms with Gasteiger partial charge in [0.05, 0.1) is 10.6 Å². The Labute approximate surface area is 234 Å². The molecule has 0 radical (unpaired) electrons. The fourth-order valence-corrected chi connectivity index (χ4v) is 6.98. The summed E-state index contributed by atoms with van der Waals surface area (Å²) in [6.45, 7) is 5.55. The molecule has 1 aliphatic heterocycles. The van der Waals surface area contributed by atoms with Crippen molar-refractivity contribution in [2.75, 3.05) is 0 Å². The lowest BCUT2D eigenvalue weighted by Crippen LogP contribution is -2.48. The van der Waals surface area contributed by atoms with Crippen molar-refractivity contribution < 1.29 is 30.8 Å². The van der Waals surface area contributed by atoms with Crippen LogP contribution in [-0.4, -0.2) is 45.7 Å². The van der Waals surface area contributed by atoms with E-state index in [4.69, 9.17) is 0 Å². The number of nitrogens with one attached hydrogen (secondary N) is 1. The monoisotopic (exact) mass is 589 g/mol. The molecule has 2 aromatic heterocycles. The van der Waals surface area contributed by atoms with Crippen LogP contribution in [0.25, 0.3) is 11.3 Å². The van der Waals surface area contributed by atoms with Crippen LogP contribution in [0.1, 0.15) is 49.1 Å². The van der Waals surface area contributed by atoms with Gasteiger partial charge in [-0.3, -0.25) is 9.78 Å². The lowest BCUT2D eigenvalue weighted by Gasteiger charge is -2.27. The molecule has 1 N–H and O–H groups in total. The summed E-state index contributed by atoms with van der Waals surface area (Å²) in [4.78, 5) is 24.6. The number of sulfonamides is 1. The molecule has 3 atom stereocenters. The zero-order chi connectivity index (χ0) is 29.5. The molecule has 0 unspecified atom stereocenters. The SMILES string of the molecule is C=C[C@@H]1C[C@@H](C(=O)NCc2cc(-c3cnc(C(F)(F)F)nc3)ncc2C2CC2)N(S(=O)(=O)c2ccc(F)cc2)[C@H]1C. The molecule has 1 saturated heterocycles. The summed E-state index contributed by atoms with van der Waals surface area (Å²) in [5.41, 5.74) is 2.24. The Balaban J connectivity index is 1.39. The second-order valence-electron chi connectivity index (χ2n) is 10.2. The van der Waals surface area contributed by atoms with Crippen molar-refractivity contribution in [3.63, 3.8) is 0 Å². The fourth-order valence-electron chi connectivity index (χ4n) is 5.15. The van der Waals surface area contributed by atoms with Crippen LogP contribution in [0.15, 0.2) is 66.5 Å². The third-order valence-electron chi connectivity index (χ3n) is 7.51. The van der Waals surface area contributed by atoms with E-state index in [9.17, 15) is 30.8 Å². The number of carbonyl (C=O) groups excluding carboxylic acids is 1. The van der Waals surface area contributed by atoms with Crippen molar-refractivity contribution in [3.05, 3.63) is 84.3 Å². The Morgan fingerprint density at radius 2 is 1.78 bits per heavy atom. The highest BCUT2D eigenvalue weighted by molar-refractivity contribution is 7.89. The number of amides is 1. The van der Waals surface area contributed by atoms with Crippen LogP contribution in [-0.2, 0) is 27.5 Å². The quantitative estimate of drug-likeness (QED) is 0.298. The number of aromatic nitrogens is 3. The Morgan fingerprint density at radius 3 is 2.37 bits per heavy atom. The molecular formula is C28H27F4N5O3S. The molecule has 2 fully saturated rings. The number of hydrogen-bond donors (Lipinski definition) is 1. The normalized spacial score (nSPS) is 21.5. The first-order valence-electron chi connectivity index (χ1n) is 13.0. The van der Waals surface area contributed by atoms with Crippen molar-refractivity contribution in [1.82, 2.24) is 24.6 Å². The minimum atomic E-state index is -4.67. The minimum absolute atomic E-state index is 0.0513. The highest BCUT2D eigenvalue weighted by Gasteiger charge is 2.47. The van der Waals surface area contributed by atoms with E-state index in [-0.39, 0.29) is 35.3 Å². The molecule has 5 rings (SSSR count). The van der Waals surface area contributed by atoms with Gasteiger partial charge in [-0.15, -0.1) is 6.58 Å². The second kappa shape index (κ2) is 10.9. The minimum Gasteiger partial charge on any atom is -0.351 e. The number of rotatable bonds is 8. The molecule has 13 heteroatoms. The highest BCUT2D eigenvalue weighted by Crippen LogP contribution is 2.42. The maximum atomic E-state index is 13.5. The Hall–Kier alpha value is -3.71. The number of hydrogen-bond acceptors (Lipinski definition) is 6. The van der Waals surface area contributed by atoms with Crippen LogP contribution in [0.5, 0.6) is 0 Å². The van der Waals surface area contributed by atoms with Crippen LogP contribution >= 0.6 is 0 Å². The van der Waals surface area contributed by atoms with Crippen LogP contribution in [0.3, 0.4) is 0 Å². The van der Waals surface area contributed by atoms with E-state index in [2.05, 4.69) is 26.8 Å². The van der Waals surface area contributed by atoms with Crippen LogP contribution in [0.2, 0.25) is 0 Å². The zero-order valence-corrected chi connectivity index (χ0v) is 22.8. The molecule has 1 aliphatic carbocycles. The Morgan fingerprint density at radius 1 is 1.12 bits per heavy atom. The van der Waals surface area contributed by atoms with Gasteiger partial charge >= 0.3 is 6.18 Å². The van der Waals surface area contributed by atoms with Gasteiger partial charge in [0.2, 0.25) is 21.8 Å². The van der Waals surface area contributed by atoms with Gasteiger partial charge in [-0.05, 0) is 79.5 Å². The first kappa shape index (κ1) is 28.8. The first-order chi connectivity index (χ1) is 19.4. The summed E-state index contributed by atoms with van der Waals surface area (Å²) in [5.74, 6) is -2.38. The highest BCUT2D eigenvalue weighted by atomic mass is 32.2. The van der Waals surface area contributed by atoms with Crippen LogP contribution in [0, 0.1) is 11.7 Å². The predicted molar refractivity (Wildman–Crippen MR) is 141 cm³/mol. The summed E-state index contributed by atoms with van der Waals surface area (Å²) in [6, 6.07) is 4.52. The fraction of sp³-hybridized carbons (Fsp3) is 0.357. The van der Waals surface area contributed by atoms with Crippen LogP contribution < -0.4 is 5.32 Å². The molecule has 216 valence electrons. The van der Waals surface area contributed by atoms with E-state index >= 15 is 0 Å². The zero-order valence-electron chi connectivity index (χ0n) is 22.0. The number of benzene rings is 1. The Kier molecular flexibility index (Phi) is 7.68. The predicted octanol–water partition coefficient (Wildman–Crippen LogP) is 4.84. The van der Waals surface area contributed by atoms with Gasteiger partial charge < -0.3 is 5.32 Å². The summed E-state index contributed by atoms with van der Waals surface area (Å²) >= 11 is 0. The second-order valence-corrected chi connectivity index (χ2v) is 12.1. The number of pyridine rings is 1. The molecule has 41 heavy (non-hydrogen) atoms. The van der Waals surface area contributed by atoms with Gasteiger partial charge in [0.15, 0.2) is 0 Å². The van der Waals surface area contributed by atoms with Crippen molar-refractivity contribution in [2.45, 2.75) is 61.8 Å². The number of alkyl halides is 3. The molecule has 1 amide bonds. The molecule has 8 nitrogen and oxygen atoms in total. The van der Waals surface area contributed by atoms with Crippen LogP contribution in [0.4, 0.5) is 17.6 Å². The van der Waals surface area contributed by atoms with Gasteiger partial charge in [-0.1, -0.05) is 6.08 Å². The maximum absolute atomic E-state index is 13.5. The number of halogens is 4. The topological polar surface area (TPSA) is 105 Å². The number of carbonyl (C=O) groups is 1. The van der Waals surface area contributed by atoms with Gasteiger partial charge in [0.1, 0.15) is 11.9 Å². The summed E-state index contributed by atoms with van der Waals surface area (Å²) in [6.07, 6.45) is 2.79. The molecule has 1 aromatic carbocycles. The van der Waals surface area contributed by atoms with Crippen molar-refractivity contribution in [1.29, 1.82) is 0 Å². The molecule has 3 aromatic rings. The lowest BCUT2D eigenvalue weighted by atomic mass is 10.00. The van der Waals surface area contributed by atoms with Gasteiger partial charge in [-0.2, -0.15) is 17.5 Å². The van der Waals surface area contributed by atoms with E-state index in [0.29, 0.717) is 11.3 Å². The molecule has 0 bridgehead atoms.